The summed E-state index contributed by atoms with van der Waals surface area (Å²) in [6.45, 7) is 2.85. The number of aryl methyl sites for hydroxylation is 3. The van der Waals surface area contributed by atoms with Gasteiger partial charge in [-0.1, -0.05) is 40.2 Å². The van der Waals surface area contributed by atoms with Gasteiger partial charge >= 0.3 is 5.97 Å². The third-order valence-electron chi connectivity index (χ3n) is 5.97. The number of benzene rings is 2. The summed E-state index contributed by atoms with van der Waals surface area (Å²) in [6, 6.07) is 14.6. The summed E-state index contributed by atoms with van der Waals surface area (Å²) in [5.74, 6) is 0.426. The normalized spacial score (nSPS) is 15.7. The van der Waals surface area contributed by atoms with Crippen LogP contribution in [0.15, 0.2) is 53.1 Å². The van der Waals surface area contributed by atoms with Crippen molar-refractivity contribution in [3.05, 3.63) is 81.1 Å². The second-order valence-electron chi connectivity index (χ2n) is 8.04. The van der Waals surface area contributed by atoms with Gasteiger partial charge in [0.1, 0.15) is 5.75 Å². The summed E-state index contributed by atoms with van der Waals surface area (Å²) in [6.07, 6.45) is 4.70. The molecule has 0 amide bonds. The predicted octanol–water partition coefficient (Wildman–Crippen LogP) is 5.38. The van der Waals surface area contributed by atoms with Gasteiger partial charge in [-0.3, -0.25) is 0 Å². The fourth-order valence-electron chi connectivity index (χ4n) is 4.23. The molecule has 1 aliphatic rings. The van der Waals surface area contributed by atoms with Crippen molar-refractivity contribution in [2.75, 3.05) is 18.6 Å². The molecule has 0 unspecified atom stereocenters. The Balaban J connectivity index is 1.60. The zero-order chi connectivity index (χ0) is 22.7. The number of rotatable bonds is 7. The number of halogens is 1. The van der Waals surface area contributed by atoms with Crippen molar-refractivity contribution >= 4 is 27.8 Å². The van der Waals surface area contributed by atoms with Crippen LogP contribution in [-0.2, 0) is 12.8 Å². The molecule has 0 radical (unpaired) electrons. The number of carboxylic acid groups (broad SMARTS) is 1. The molecule has 6 nitrogen and oxygen atoms in total. The Hall–Kier alpha value is -2.93. The van der Waals surface area contributed by atoms with Gasteiger partial charge in [0.15, 0.2) is 0 Å². The molecule has 0 aliphatic carbocycles. The summed E-state index contributed by atoms with van der Waals surface area (Å²) in [5, 5.41) is 9.68. The molecule has 1 N–H and O–H groups in total. The maximum Gasteiger partial charge on any atom is 0.339 e. The van der Waals surface area contributed by atoms with E-state index in [-0.39, 0.29) is 11.6 Å². The minimum Gasteiger partial charge on any atom is -0.496 e. The molecule has 1 saturated heterocycles. The van der Waals surface area contributed by atoms with E-state index in [1.165, 1.54) is 11.8 Å². The molecule has 1 atom stereocenters. The van der Waals surface area contributed by atoms with Gasteiger partial charge in [-0.2, -0.15) is 0 Å². The highest BCUT2D eigenvalue weighted by molar-refractivity contribution is 9.10. The lowest BCUT2D eigenvalue weighted by Gasteiger charge is -2.25. The van der Waals surface area contributed by atoms with Gasteiger partial charge in [0, 0.05) is 17.2 Å². The summed E-state index contributed by atoms with van der Waals surface area (Å²) in [7, 11) is 1.66. The van der Waals surface area contributed by atoms with Gasteiger partial charge in [-0.15, -0.1) is 0 Å². The molecule has 32 heavy (non-hydrogen) atoms. The summed E-state index contributed by atoms with van der Waals surface area (Å²) in [5.41, 5.74) is 4.08. The average molecular weight is 496 g/mol. The van der Waals surface area contributed by atoms with Crippen LogP contribution in [0.3, 0.4) is 0 Å². The first kappa shape index (κ1) is 22.3. The molecule has 1 fully saturated rings. The molecule has 0 saturated carbocycles. The smallest absolute Gasteiger partial charge is 0.339 e. The third kappa shape index (κ3) is 4.78. The molecule has 0 bridgehead atoms. The van der Waals surface area contributed by atoms with Gasteiger partial charge in [0.05, 0.1) is 24.4 Å². The quantitative estimate of drug-likeness (QED) is 0.474. The second kappa shape index (κ2) is 9.69. The third-order valence-corrected chi connectivity index (χ3v) is 6.50. The number of ether oxygens (including phenoxy) is 1. The van der Waals surface area contributed by atoms with Crippen molar-refractivity contribution in [3.8, 4) is 5.75 Å². The minimum atomic E-state index is -1.00. The monoisotopic (exact) mass is 495 g/mol. The van der Waals surface area contributed by atoms with Crippen LogP contribution in [0.4, 0.5) is 5.95 Å². The first-order chi connectivity index (χ1) is 15.5. The Labute approximate surface area is 196 Å². The lowest BCUT2D eigenvalue weighted by molar-refractivity contribution is 0.0694. The summed E-state index contributed by atoms with van der Waals surface area (Å²) < 4.78 is 6.46. The van der Waals surface area contributed by atoms with Gasteiger partial charge in [0.25, 0.3) is 0 Å². The van der Waals surface area contributed by atoms with E-state index in [9.17, 15) is 9.90 Å². The number of hydrogen-bond acceptors (Lipinski definition) is 5. The van der Waals surface area contributed by atoms with Crippen molar-refractivity contribution in [2.45, 2.75) is 38.6 Å². The Kier molecular flexibility index (Phi) is 6.74. The molecular weight excluding hydrogens is 470 g/mol. The van der Waals surface area contributed by atoms with Gasteiger partial charge in [-0.25, -0.2) is 14.8 Å². The number of methoxy groups -OCH3 is 1. The second-order valence-corrected chi connectivity index (χ2v) is 8.96. The summed E-state index contributed by atoms with van der Waals surface area (Å²) in [4.78, 5) is 23.2. The molecule has 2 aromatic carbocycles. The molecule has 166 valence electrons. The van der Waals surface area contributed by atoms with E-state index >= 15 is 0 Å². The largest absolute Gasteiger partial charge is 0.496 e. The van der Waals surface area contributed by atoms with Crippen molar-refractivity contribution in [2.24, 2.45) is 0 Å². The fraction of sp³-hybridized carbons (Fsp3) is 0.320. The van der Waals surface area contributed by atoms with Gasteiger partial charge < -0.3 is 14.7 Å². The maximum absolute atomic E-state index is 11.8. The van der Waals surface area contributed by atoms with Crippen LogP contribution in [0.1, 0.15) is 51.6 Å². The zero-order valence-corrected chi connectivity index (χ0v) is 19.8. The molecule has 7 heteroatoms. The predicted molar refractivity (Wildman–Crippen MR) is 128 cm³/mol. The highest BCUT2D eigenvalue weighted by atomic mass is 79.9. The molecule has 3 aromatic rings. The van der Waals surface area contributed by atoms with Crippen LogP contribution in [0, 0.1) is 6.92 Å². The number of nitrogens with zero attached hydrogens (tertiary/aromatic N) is 3. The van der Waals surface area contributed by atoms with E-state index in [4.69, 9.17) is 9.72 Å². The Morgan fingerprint density at radius 3 is 2.72 bits per heavy atom. The number of anilines is 1. The Morgan fingerprint density at radius 2 is 2.00 bits per heavy atom. The topological polar surface area (TPSA) is 75.5 Å². The Morgan fingerprint density at radius 1 is 1.22 bits per heavy atom. The molecule has 4 rings (SSSR count). The lowest BCUT2D eigenvalue weighted by atomic mass is 10.0. The van der Waals surface area contributed by atoms with E-state index < -0.39 is 5.97 Å². The SMILES string of the molecule is COc1cc(CCc2nc(N3CCC[C@H]3c3ccc(Br)cc3)ncc2C(=O)O)ccc1C. The Bertz CT molecular complexity index is 1120. The van der Waals surface area contributed by atoms with Crippen LogP contribution in [0.25, 0.3) is 0 Å². The lowest BCUT2D eigenvalue weighted by Crippen LogP contribution is -2.25. The van der Waals surface area contributed by atoms with Gasteiger partial charge in [0.2, 0.25) is 5.95 Å². The average Bonchev–Trinajstić information content (AvgIpc) is 3.28. The van der Waals surface area contributed by atoms with Crippen molar-refractivity contribution in [3.63, 3.8) is 0 Å². The zero-order valence-electron chi connectivity index (χ0n) is 18.2. The molecule has 2 heterocycles. The minimum absolute atomic E-state index is 0.159. The van der Waals surface area contributed by atoms with E-state index in [0.717, 1.165) is 40.7 Å². The number of hydrogen-bond donors (Lipinski definition) is 1. The molecule has 1 aromatic heterocycles. The fourth-order valence-corrected chi connectivity index (χ4v) is 4.50. The van der Waals surface area contributed by atoms with Crippen LogP contribution in [-0.4, -0.2) is 34.7 Å². The number of aromatic carboxylic acids is 1. The van der Waals surface area contributed by atoms with Gasteiger partial charge in [-0.05, 0) is 67.5 Å². The first-order valence-electron chi connectivity index (χ1n) is 10.7. The number of carbonyl (C=O) groups is 1. The van der Waals surface area contributed by atoms with E-state index in [0.29, 0.717) is 24.5 Å². The van der Waals surface area contributed by atoms with Crippen molar-refractivity contribution in [1.82, 2.24) is 9.97 Å². The number of carboxylic acids is 1. The highest BCUT2D eigenvalue weighted by Gasteiger charge is 2.29. The van der Waals surface area contributed by atoms with Crippen LogP contribution in [0.2, 0.25) is 0 Å². The van der Waals surface area contributed by atoms with E-state index in [1.807, 2.05) is 37.3 Å². The van der Waals surface area contributed by atoms with E-state index in [2.05, 4.69) is 37.9 Å². The molecular formula is C25H26BrN3O3. The van der Waals surface area contributed by atoms with Crippen LogP contribution < -0.4 is 9.64 Å². The van der Waals surface area contributed by atoms with Crippen molar-refractivity contribution in [1.29, 1.82) is 0 Å². The van der Waals surface area contributed by atoms with Crippen LogP contribution >= 0.6 is 15.9 Å². The molecule has 1 aliphatic heterocycles. The summed E-state index contributed by atoms with van der Waals surface area (Å²) >= 11 is 3.49. The molecule has 0 spiro atoms. The van der Waals surface area contributed by atoms with Crippen LogP contribution in [0.5, 0.6) is 5.75 Å². The highest BCUT2D eigenvalue weighted by Crippen LogP contribution is 2.35. The number of aromatic nitrogens is 2. The standard InChI is InChI=1S/C25H26BrN3O3/c1-16-5-6-17(14-23(16)32-2)7-12-21-20(24(30)31)15-27-25(28-21)29-13-3-4-22(29)18-8-10-19(26)11-9-18/h5-6,8-11,14-15,22H,3-4,7,12-13H2,1-2H3,(H,30,31)/t22-/m0/s1. The van der Waals surface area contributed by atoms with E-state index in [1.54, 1.807) is 7.11 Å². The van der Waals surface area contributed by atoms with Crippen molar-refractivity contribution < 1.29 is 14.6 Å². The first-order valence-corrected chi connectivity index (χ1v) is 11.5. The maximum atomic E-state index is 11.8.